The lowest BCUT2D eigenvalue weighted by molar-refractivity contribution is -0.113. The largest absolute Gasteiger partial charge is 0.340 e. The van der Waals surface area contributed by atoms with Crippen molar-refractivity contribution >= 4 is 33.4 Å². The lowest BCUT2D eigenvalue weighted by atomic mass is 10.3. The zero-order valence-electron chi connectivity index (χ0n) is 13.9. The summed E-state index contributed by atoms with van der Waals surface area (Å²) in [6.07, 6.45) is 0. The molecule has 0 radical (unpaired) electrons. The molecule has 0 saturated carbocycles. The first-order valence-electron chi connectivity index (χ1n) is 7.13. The molecule has 2 rings (SSSR count). The van der Waals surface area contributed by atoms with Crippen LogP contribution in [0.25, 0.3) is 0 Å². The zero-order chi connectivity index (χ0) is 18.4. The van der Waals surface area contributed by atoms with E-state index < -0.39 is 10.0 Å². The molecule has 136 valence electrons. The van der Waals surface area contributed by atoms with E-state index in [0.29, 0.717) is 23.2 Å². The normalized spacial score (nSPS) is 11.7. The molecule has 0 spiro atoms. The average molecular weight is 386 g/mol. The van der Waals surface area contributed by atoms with Crippen molar-refractivity contribution < 1.29 is 22.6 Å². The lowest BCUT2D eigenvalue weighted by Crippen LogP contribution is -2.25. The molecular weight excluding hydrogens is 368 g/mol. The molecule has 0 atom stereocenters. The SMILES string of the molecule is CON(C)S(=O)(=O)c1ccc(NC(=O)CSCc2noc(C)n2)cc1. The maximum absolute atomic E-state index is 12.1. The van der Waals surface area contributed by atoms with Crippen molar-refractivity contribution in [3.05, 3.63) is 36.0 Å². The van der Waals surface area contributed by atoms with Gasteiger partial charge in [0, 0.05) is 19.7 Å². The minimum atomic E-state index is -3.71. The van der Waals surface area contributed by atoms with E-state index in [9.17, 15) is 13.2 Å². The fourth-order valence-corrected chi connectivity index (χ4v) is 3.42. The van der Waals surface area contributed by atoms with Gasteiger partial charge in [-0.05, 0) is 24.3 Å². The Morgan fingerprint density at radius 1 is 1.36 bits per heavy atom. The third-order valence-electron chi connectivity index (χ3n) is 3.07. The van der Waals surface area contributed by atoms with E-state index in [1.54, 1.807) is 6.92 Å². The van der Waals surface area contributed by atoms with Crippen molar-refractivity contribution in [1.82, 2.24) is 14.6 Å². The quantitative estimate of drug-likeness (QED) is 0.678. The molecule has 0 bridgehead atoms. The van der Waals surface area contributed by atoms with Crippen LogP contribution in [0.2, 0.25) is 0 Å². The fraction of sp³-hybridized carbons (Fsp3) is 0.357. The highest BCUT2D eigenvalue weighted by Gasteiger charge is 2.20. The lowest BCUT2D eigenvalue weighted by Gasteiger charge is -2.14. The number of carbonyl (C=O) groups excluding carboxylic acids is 1. The van der Waals surface area contributed by atoms with Crippen LogP contribution in [0.4, 0.5) is 5.69 Å². The number of anilines is 1. The van der Waals surface area contributed by atoms with Gasteiger partial charge in [-0.3, -0.25) is 9.63 Å². The van der Waals surface area contributed by atoms with Crippen LogP contribution in [0.3, 0.4) is 0 Å². The van der Waals surface area contributed by atoms with E-state index in [1.807, 2.05) is 0 Å². The molecule has 1 aromatic carbocycles. The third kappa shape index (κ3) is 5.26. The molecule has 0 aliphatic carbocycles. The molecule has 0 aliphatic heterocycles. The van der Waals surface area contributed by atoms with E-state index in [4.69, 9.17) is 9.36 Å². The Morgan fingerprint density at radius 3 is 2.60 bits per heavy atom. The van der Waals surface area contributed by atoms with E-state index in [1.165, 1.54) is 50.2 Å². The standard InChI is InChI=1S/C14H18N4O5S2/c1-10-15-13(17-23-10)8-24-9-14(19)16-11-4-6-12(7-5-11)25(20,21)18(2)22-3/h4-7H,8-9H2,1-3H3,(H,16,19). The highest BCUT2D eigenvalue weighted by molar-refractivity contribution is 7.99. The van der Waals surface area contributed by atoms with Gasteiger partial charge >= 0.3 is 0 Å². The van der Waals surface area contributed by atoms with Gasteiger partial charge in [0.25, 0.3) is 10.0 Å². The molecule has 11 heteroatoms. The van der Waals surface area contributed by atoms with E-state index in [2.05, 4.69) is 15.5 Å². The Hall–Kier alpha value is -1.95. The summed E-state index contributed by atoms with van der Waals surface area (Å²) < 4.78 is 29.7. The molecule has 0 unspecified atom stereocenters. The van der Waals surface area contributed by atoms with E-state index >= 15 is 0 Å². The second-order valence-electron chi connectivity index (χ2n) is 4.89. The summed E-state index contributed by atoms with van der Waals surface area (Å²) in [5, 5.41) is 6.43. The number of amides is 1. The number of aryl methyl sites for hydroxylation is 1. The van der Waals surface area contributed by atoms with Gasteiger partial charge < -0.3 is 9.84 Å². The number of hydroxylamine groups is 1. The van der Waals surface area contributed by atoms with Crippen LogP contribution in [-0.4, -0.2) is 48.8 Å². The Balaban J connectivity index is 1.87. The topological polar surface area (TPSA) is 115 Å². The first kappa shape index (κ1) is 19.4. The van der Waals surface area contributed by atoms with Gasteiger partial charge in [0.2, 0.25) is 11.8 Å². The van der Waals surface area contributed by atoms with Crippen molar-refractivity contribution in [2.24, 2.45) is 0 Å². The summed E-state index contributed by atoms with van der Waals surface area (Å²) in [5.74, 6) is 1.47. The average Bonchev–Trinajstić information content (AvgIpc) is 2.99. The summed E-state index contributed by atoms with van der Waals surface area (Å²) >= 11 is 1.35. The number of nitrogens with one attached hydrogen (secondary N) is 1. The molecule has 0 fully saturated rings. The van der Waals surface area contributed by atoms with Gasteiger partial charge in [-0.25, -0.2) is 8.42 Å². The molecule has 25 heavy (non-hydrogen) atoms. The van der Waals surface area contributed by atoms with Crippen molar-refractivity contribution in [3.8, 4) is 0 Å². The summed E-state index contributed by atoms with van der Waals surface area (Å²) in [5.41, 5.74) is 0.500. The van der Waals surface area contributed by atoms with Gasteiger partial charge in [0.15, 0.2) is 5.82 Å². The Bertz CT molecular complexity index is 820. The van der Waals surface area contributed by atoms with Crippen LogP contribution in [0.1, 0.15) is 11.7 Å². The van der Waals surface area contributed by atoms with Crippen LogP contribution >= 0.6 is 11.8 Å². The number of rotatable bonds is 8. The van der Waals surface area contributed by atoms with E-state index in [0.717, 1.165) is 4.47 Å². The van der Waals surface area contributed by atoms with Gasteiger partial charge in [-0.1, -0.05) is 9.63 Å². The van der Waals surface area contributed by atoms with E-state index in [-0.39, 0.29) is 16.6 Å². The molecule has 1 heterocycles. The summed E-state index contributed by atoms with van der Waals surface area (Å²) in [6, 6.07) is 5.83. The molecule has 1 N–H and O–H groups in total. The van der Waals surface area contributed by atoms with Crippen LogP contribution in [0, 0.1) is 6.92 Å². The van der Waals surface area contributed by atoms with Gasteiger partial charge in [0.05, 0.1) is 23.5 Å². The number of nitrogens with zero attached hydrogens (tertiary/aromatic N) is 3. The first-order valence-corrected chi connectivity index (χ1v) is 9.72. The number of benzene rings is 1. The fourth-order valence-electron chi connectivity index (χ4n) is 1.79. The molecule has 1 aromatic heterocycles. The predicted octanol–water partition coefficient (Wildman–Crippen LogP) is 1.43. The maximum atomic E-state index is 12.1. The summed E-state index contributed by atoms with van der Waals surface area (Å²) in [4.78, 5) is 20.7. The van der Waals surface area contributed by atoms with Gasteiger partial charge in [0.1, 0.15) is 0 Å². The highest BCUT2D eigenvalue weighted by atomic mass is 32.2. The third-order valence-corrected chi connectivity index (χ3v) is 5.69. The number of sulfonamides is 1. The number of thioether (sulfide) groups is 1. The van der Waals surface area contributed by atoms with Crippen LogP contribution in [0.5, 0.6) is 0 Å². The monoisotopic (exact) mass is 386 g/mol. The second-order valence-corrected chi connectivity index (χ2v) is 7.81. The van der Waals surface area contributed by atoms with Crippen molar-refractivity contribution in [2.75, 3.05) is 25.2 Å². The smallest absolute Gasteiger partial charge is 0.264 e. The molecule has 0 saturated heterocycles. The van der Waals surface area contributed by atoms with Crippen LogP contribution in [-0.2, 0) is 25.4 Å². The Labute approximate surface area is 149 Å². The van der Waals surface area contributed by atoms with Crippen molar-refractivity contribution in [3.63, 3.8) is 0 Å². The number of hydrogen-bond donors (Lipinski definition) is 1. The molecule has 9 nitrogen and oxygen atoms in total. The molecule has 1 amide bonds. The number of hydrogen-bond acceptors (Lipinski definition) is 8. The van der Waals surface area contributed by atoms with Gasteiger partial charge in [-0.15, -0.1) is 11.8 Å². The minimum Gasteiger partial charge on any atom is -0.340 e. The summed E-state index contributed by atoms with van der Waals surface area (Å²) in [7, 11) is -1.14. The number of carbonyl (C=O) groups is 1. The maximum Gasteiger partial charge on any atom is 0.264 e. The predicted molar refractivity (Wildman–Crippen MR) is 92.2 cm³/mol. The van der Waals surface area contributed by atoms with Crippen molar-refractivity contribution in [1.29, 1.82) is 0 Å². The summed E-state index contributed by atoms with van der Waals surface area (Å²) in [6.45, 7) is 1.70. The Morgan fingerprint density at radius 2 is 2.04 bits per heavy atom. The molecule has 0 aliphatic rings. The second kappa shape index (κ2) is 8.43. The molecule has 2 aromatic rings. The number of aromatic nitrogens is 2. The van der Waals surface area contributed by atoms with Gasteiger partial charge in [-0.2, -0.15) is 4.98 Å². The van der Waals surface area contributed by atoms with Crippen LogP contribution in [0.15, 0.2) is 33.7 Å². The van der Waals surface area contributed by atoms with Crippen molar-refractivity contribution in [2.45, 2.75) is 17.6 Å². The Kier molecular flexibility index (Phi) is 6.53. The minimum absolute atomic E-state index is 0.0664. The highest BCUT2D eigenvalue weighted by Crippen LogP contribution is 2.18. The zero-order valence-corrected chi connectivity index (χ0v) is 15.6. The first-order chi connectivity index (χ1) is 11.8. The molecular formula is C14H18N4O5S2. The van der Waals surface area contributed by atoms with Crippen LogP contribution < -0.4 is 5.32 Å².